The molecule has 2 rings (SSSR count). The van der Waals surface area contributed by atoms with E-state index in [4.69, 9.17) is 0 Å². The van der Waals surface area contributed by atoms with Gasteiger partial charge in [0.05, 0.1) is 0 Å². The van der Waals surface area contributed by atoms with E-state index in [2.05, 4.69) is 82.9 Å². The molecular weight excluding hydrogens is 349 g/mol. The van der Waals surface area contributed by atoms with Crippen LogP contribution < -0.4 is 5.30 Å². The standard InChI is InChI=1S/C24H34NOP/c1-8-13-24(6,27-21-12-10-9-11-18(21)16-25-7)20-15-17(2)14-19(22(20)26)23(3,4)5/h9-12,14-16,26-27H,8,13H2,1-7H3. The van der Waals surface area contributed by atoms with Gasteiger partial charge in [0.25, 0.3) is 0 Å². The normalized spacial score (nSPS) is 14.9. The van der Waals surface area contributed by atoms with Crippen molar-refractivity contribution < 1.29 is 5.11 Å². The number of hydrogen-bond acceptors (Lipinski definition) is 2. The molecule has 3 heteroatoms. The summed E-state index contributed by atoms with van der Waals surface area (Å²) in [6, 6.07) is 12.8. The molecule has 0 aliphatic rings. The van der Waals surface area contributed by atoms with Crippen molar-refractivity contribution in [1.82, 2.24) is 0 Å². The molecule has 2 nitrogen and oxygen atoms in total. The van der Waals surface area contributed by atoms with Crippen LogP contribution in [0, 0.1) is 6.92 Å². The first-order valence-corrected chi connectivity index (χ1v) is 10.8. The molecule has 2 aromatic carbocycles. The zero-order valence-electron chi connectivity index (χ0n) is 17.9. The van der Waals surface area contributed by atoms with Gasteiger partial charge in [0.1, 0.15) is 5.75 Å². The first-order chi connectivity index (χ1) is 12.6. The van der Waals surface area contributed by atoms with Gasteiger partial charge in [-0.15, -0.1) is 0 Å². The van der Waals surface area contributed by atoms with Gasteiger partial charge >= 0.3 is 0 Å². The van der Waals surface area contributed by atoms with E-state index in [1.807, 2.05) is 13.3 Å². The average molecular weight is 384 g/mol. The largest absolute Gasteiger partial charge is 0.507 e. The summed E-state index contributed by atoms with van der Waals surface area (Å²) in [4.78, 5) is 4.22. The minimum absolute atomic E-state index is 0.0894. The van der Waals surface area contributed by atoms with Crippen molar-refractivity contribution >= 4 is 20.1 Å². The number of aliphatic imine (C=N–C) groups is 1. The molecule has 0 fully saturated rings. The molecule has 0 spiro atoms. The number of benzene rings is 2. The van der Waals surface area contributed by atoms with Crippen molar-refractivity contribution in [2.75, 3.05) is 7.05 Å². The van der Waals surface area contributed by atoms with E-state index in [-0.39, 0.29) is 10.6 Å². The van der Waals surface area contributed by atoms with Crippen LogP contribution in [-0.2, 0) is 10.6 Å². The zero-order valence-corrected chi connectivity index (χ0v) is 18.9. The molecule has 0 aromatic heterocycles. The third-order valence-corrected chi connectivity index (χ3v) is 6.84. The Morgan fingerprint density at radius 2 is 1.70 bits per heavy atom. The predicted octanol–water partition coefficient (Wildman–Crippen LogP) is 6.07. The Morgan fingerprint density at radius 3 is 2.30 bits per heavy atom. The highest BCUT2D eigenvalue weighted by atomic mass is 31.1. The number of aromatic hydroxyl groups is 1. The van der Waals surface area contributed by atoms with Crippen LogP contribution in [0.3, 0.4) is 0 Å². The lowest BCUT2D eigenvalue weighted by Gasteiger charge is -2.34. The summed E-state index contributed by atoms with van der Waals surface area (Å²) < 4.78 is 0. The van der Waals surface area contributed by atoms with Crippen molar-refractivity contribution in [2.45, 2.75) is 65.0 Å². The summed E-state index contributed by atoms with van der Waals surface area (Å²) in [5, 5.41) is 12.4. The first-order valence-electron chi connectivity index (χ1n) is 9.76. The van der Waals surface area contributed by atoms with E-state index in [0.717, 1.165) is 24.0 Å². The number of nitrogens with zero attached hydrogens (tertiary/aromatic N) is 1. The molecule has 0 amide bonds. The lowest BCUT2D eigenvalue weighted by Crippen LogP contribution is -2.23. The SMILES string of the molecule is CCCC(C)(Pc1ccccc1C=NC)c1cc(C)cc(C(C)(C)C)c1O. The van der Waals surface area contributed by atoms with Gasteiger partial charge in [0, 0.05) is 24.0 Å². The summed E-state index contributed by atoms with van der Waals surface area (Å²) in [5.74, 6) is 0.471. The van der Waals surface area contributed by atoms with Gasteiger partial charge in [-0.2, -0.15) is 0 Å². The smallest absolute Gasteiger partial charge is 0.123 e. The molecule has 0 aliphatic carbocycles. The van der Waals surface area contributed by atoms with E-state index in [0.29, 0.717) is 14.3 Å². The van der Waals surface area contributed by atoms with E-state index in [1.54, 1.807) is 0 Å². The molecular formula is C24H34NOP. The van der Waals surface area contributed by atoms with Gasteiger partial charge in [0.15, 0.2) is 0 Å². The van der Waals surface area contributed by atoms with Crippen LogP contribution in [0.15, 0.2) is 41.4 Å². The third kappa shape index (κ3) is 4.99. The highest BCUT2D eigenvalue weighted by Crippen LogP contribution is 2.50. The first kappa shape index (κ1) is 21.6. The van der Waals surface area contributed by atoms with Crippen LogP contribution in [0.25, 0.3) is 0 Å². The number of rotatable bonds is 6. The Morgan fingerprint density at radius 1 is 1.07 bits per heavy atom. The third-order valence-electron chi connectivity index (χ3n) is 5.05. The van der Waals surface area contributed by atoms with Crippen molar-refractivity contribution in [3.63, 3.8) is 0 Å². The fraction of sp³-hybridized carbons (Fsp3) is 0.458. The Labute approximate surface area is 166 Å². The Balaban J connectivity index is 2.62. The number of phenolic OH excluding ortho intramolecular Hbond substituents is 1. The van der Waals surface area contributed by atoms with Gasteiger partial charge < -0.3 is 5.11 Å². The molecule has 0 heterocycles. The maximum atomic E-state index is 11.2. The molecule has 2 aromatic rings. The fourth-order valence-corrected chi connectivity index (χ4v) is 5.46. The van der Waals surface area contributed by atoms with Crippen molar-refractivity contribution in [2.24, 2.45) is 4.99 Å². The number of aryl methyl sites for hydroxylation is 1. The van der Waals surface area contributed by atoms with Gasteiger partial charge in [-0.3, -0.25) is 4.99 Å². The second kappa shape index (κ2) is 8.57. The van der Waals surface area contributed by atoms with E-state index >= 15 is 0 Å². The van der Waals surface area contributed by atoms with E-state index in [9.17, 15) is 5.11 Å². The van der Waals surface area contributed by atoms with Gasteiger partial charge in [-0.25, -0.2) is 0 Å². The van der Waals surface area contributed by atoms with Gasteiger partial charge in [-0.1, -0.05) is 91.6 Å². The lowest BCUT2D eigenvalue weighted by molar-refractivity contribution is 0.428. The monoisotopic (exact) mass is 383 g/mol. The highest BCUT2D eigenvalue weighted by Gasteiger charge is 2.32. The average Bonchev–Trinajstić information content (AvgIpc) is 2.58. The molecule has 0 saturated heterocycles. The van der Waals surface area contributed by atoms with E-state index in [1.165, 1.54) is 16.4 Å². The van der Waals surface area contributed by atoms with Crippen LogP contribution in [0.2, 0.25) is 0 Å². The molecule has 0 aliphatic heterocycles. The van der Waals surface area contributed by atoms with Crippen molar-refractivity contribution in [1.29, 1.82) is 0 Å². The summed E-state index contributed by atoms with van der Waals surface area (Å²) in [7, 11) is 2.38. The van der Waals surface area contributed by atoms with Crippen molar-refractivity contribution in [3.8, 4) is 5.75 Å². The second-order valence-electron chi connectivity index (χ2n) is 8.64. The minimum atomic E-state index is -0.109. The van der Waals surface area contributed by atoms with Crippen LogP contribution >= 0.6 is 8.58 Å². The molecule has 2 unspecified atom stereocenters. The predicted molar refractivity (Wildman–Crippen MR) is 122 cm³/mol. The Bertz CT molecular complexity index is 820. The van der Waals surface area contributed by atoms with Crippen LogP contribution in [-0.4, -0.2) is 18.4 Å². The molecule has 1 N–H and O–H groups in total. The molecule has 0 bridgehead atoms. The molecule has 0 saturated carbocycles. The summed E-state index contributed by atoms with van der Waals surface area (Å²) in [6.45, 7) is 13.1. The maximum Gasteiger partial charge on any atom is 0.123 e. The van der Waals surface area contributed by atoms with Gasteiger partial charge in [0.2, 0.25) is 0 Å². The maximum absolute atomic E-state index is 11.2. The number of phenols is 1. The molecule has 27 heavy (non-hydrogen) atoms. The molecule has 0 radical (unpaired) electrons. The van der Waals surface area contributed by atoms with Gasteiger partial charge in [-0.05, 0) is 35.2 Å². The van der Waals surface area contributed by atoms with Crippen molar-refractivity contribution in [3.05, 3.63) is 58.7 Å². The zero-order chi connectivity index (χ0) is 20.2. The highest BCUT2D eigenvalue weighted by molar-refractivity contribution is 7.48. The number of hydrogen-bond donors (Lipinski definition) is 1. The van der Waals surface area contributed by atoms with Crippen LogP contribution in [0.5, 0.6) is 5.75 Å². The Kier molecular flexibility index (Phi) is 6.87. The minimum Gasteiger partial charge on any atom is -0.507 e. The molecule has 146 valence electrons. The second-order valence-corrected chi connectivity index (χ2v) is 10.5. The topological polar surface area (TPSA) is 32.6 Å². The fourth-order valence-electron chi connectivity index (χ4n) is 3.70. The quantitative estimate of drug-likeness (QED) is 0.477. The summed E-state index contributed by atoms with van der Waals surface area (Å²) in [6.07, 6.45) is 4.04. The molecule has 2 atom stereocenters. The Hall–Kier alpha value is -1.66. The lowest BCUT2D eigenvalue weighted by atomic mass is 9.81. The summed E-state index contributed by atoms with van der Waals surface area (Å²) in [5.41, 5.74) is 4.41. The summed E-state index contributed by atoms with van der Waals surface area (Å²) >= 11 is 0. The van der Waals surface area contributed by atoms with Crippen LogP contribution in [0.1, 0.15) is 69.7 Å². The van der Waals surface area contributed by atoms with Crippen LogP contribution in [0.4, 0.5) is 0 Å². The van der Waals surface area contributed by atoms with E-state index < -0.39 is 0 Å².